The molecule has 0 aliphatic carbocycles. The average Bonchev–Trinajstić information content (AvgIpc) is 3.16. The van der Waals surface area contributed by atoms with Gasteiger partial charge in [0.2, 0.25) is 0 Å². The second kappa shape index (κ2) is 7.31. The molecule has 1 aliphatic heterocycles. The molecule has 0 spiro atoms. The molecule has 0 fully saturated rings. The molecule has 0 radical (unpaired) electrons. The Labute approximate surface area is 166 Å². The van der Waals surface area contributed by atoms with Gasteiger partial charge < -0.3 is 14.8 Å². The van der Waals surface area contributed by atoms with Crippen LogP contribution in [0, 0.1) is 0 Å². The van der Waals surface area contributed by atoms with Crippen molar-refractivity contribution >= 4 is 23.0 Å². The minimum atomic E-state index is -4.35. The topological polar surface area (TPSA) is 20.2 Å². The molecule has 28 heavy (non-hydrogen) atoms. The third-order valence-corrected chi connectivity index (χ3v) is 5.21. The van der Waals surface area contributed by atoms with E-state index in [0.717, 1.165) is 29.9 Å². The fourth-order valence-electron chi connectivity index (χ4n) is 3.53. The highest BCUT2D eigenvalue weighted by molar-refractivity contribution is 7.80. The van der Waals surface area contributed by atoms with Gasteiger partial charge in [0.1, 0.15) is 0 Å². The van der Waals surface area contributed by atoms with E-state index in [0.29, 0.717) is 17.3 Å². The summed E-state index contributed by atoms with van der Waals surface area (Å²) in [5, 5.41) is 3.58. The van der Waals surface area contributed by atoms with Crippen LogP contribution in [-0.2, 0) is 12.7 Å². The van der Waals surface area contributed by atoms with E-state index < -0.39 is 11.7 Å². The first-order chi connectivity index (χ1) is 13.4. The van der Waals surface area contributed by atoms with Crippen LogP contribution in [0.4, 0.5) is 18.9 Å². The monoisotopic (exact) mass is 401 g/mol. The van der Waals surface area contributed by atoms with Crippen molar-refractivity contribution in [3.63, 3.8) is 0 Å². The first-order valence-corrected chi connectivity index (χ1v) is 9.29. The largest absolute Gasteiger partial charge is 0.416 e. The lowest BCUT2D eigenvalue weighted by atomic mass is 10.0. The maximum Gasteiger partial charge on any atom is 0.416 e. The Morgan fingerprint density at radius 1 is 0.929 bits per heavy atom. The molecule has 0 saturated heterocycles. The van der Waals surface area contributed by atoms with Gasteiger partial charge in [-0.15, -0.1) is 0 Å². The SMILES string of the molecule is FC(F)(F)c1ccc(NC(=S)N2CCn3cccc3[C@@H]2c2ccccc2)cc1. The van der Waals surface area contributed by atoms with Crippen molar-refractivity contribution in [2.24, 2.45) is 0 Å². The van der Waals surface area contributed by atoms with Gasteiger partial charge in [0, 0.05) is 30.7 Å². The van der Waals surface area contributed by atoms with Gasteiger partial charge in [-0.05, 0) is 54.2 Å². The Balaban J connectivity index is 1.59. The number of nitrogens with one attached hydrogen (secondary N) is 1. The number of hydrogen-bond acceptors (Lipinski definition) is 1. The molecule has 0 amide bonds. The molecule has 1 aliphatic rings. The third kappa shape index (κ3) is 3.62. The lowest BCUT2D eigenvalue weighted by Gasteiger charge is -2.39. The quantitative estimate of drug-likeness (QED) is 0.588. The molecule has 3 aromatic rings. The fraction of sp³-hybridized carbons (Fsp3) is 0.190. The van der Waals surface area contributed by atoms with Gasteiger partial charge in [0.05, 0.1) is 11.6 Å². The molecular formula is C21H18F3N3S. The molecule has 144 valence electrons. The zero-order valence-corrected chi connectivity index (χ0v) is 15.7. The summed E-state index contributed by atoms with van der Waals surface area (Å²) in [5.41, 5.74) is 2.10. The van der Waals surface area contributed by atoms with E-state index in [-0.39, 0.29) is 6.04 Å². The van der Waals surface area contributed by atoms with Gasteiger partial charge in [-0.2, -0.15) is 13.2 Å². The number of fused-ring (bicyclic) bond motifs is 1. The number of aromatic nitrogens is 1. The van der Waals surface area contributed by atoms with Crippen LogP contribution in [0.3, 0.4) is 0 Å². The Bertz CT molecular complexity index is 965. The number of thiocarbonyl (C=S) groups is 1. The van der Waals surface area contributed by atoms with Crippen molar-refractivity contribution in [2.75, 3.05) is 11.9 Å². The highest BCUT2D eigenvalue weighted by Gasteiger charge is 2.31. The molecule has 1 aromatic heterocycles. The highest BCUT2D eigenvalue weighted by atomic mass is 32.1. The molecule has 0 unspecified atom stereocenters. The molecule has 0 bridgehead atoms. The van der Waals surface area contributed by atoms with Crippen LogP contribution in [0.15, 0.2) is 72.9 Å². The van der Waals surface area contributed by atoms with Crippen molar-refractivity contribution in [2.45, 2.75) is 18.8 Å². The van der Waals surface area contributed by atoms with E-state index in [1.165, 1.54) is 12.1 Å². The van der Waals surface area contributed by atoms with Crippen LogP contribution >= 0.6 is 12.2 Å². The summed E-state index contributed by atoms with van der Waals surface area (Å²) in [6.45, 7) is 1.49. The molecule has 2 aromatic carbocycles. The molecular weight excluding hydrogens is 383 g/mol. The summed E-state index contributed by atoms with van der Waals surface area (Å²) in [7, 11) is 0. The molecule has 4 rings (SSSR count). The van der Waals surface area contributed by atoms with E-state index in [2.05, 4.69) is 39.2 Å². The van der Waals surface area contributed by atoms with E-state index in [1.807, 2.05) is 24.3 Å². The van der Waals surface area contributed by atoms with E-state index in [9.17, 15) is 13.2 Å². The van der Waals surface area contributed by atoms with Crippen molar-refractivity contribution in [1.82, 2.24) is 9.47 Å². The van der Waals surface area contributed by atoms with Crippen molar-refractivity contribution in [3.05, 3.63) is 89.7 Å². The Morgan fingerprint density at radius 3 is 2.32 bits per heavy atom. The predicted octanol–water partition coefficient (Wildman–Crippen LogP) is 5.31. The summed E-state index contributed by atoms with van der Waals surface area (Å²) in [5.74, 6) is 0. The maximum absolute atomic E-state index is 12.8. The fourth-order valence-corrected chi connectivity index (χ4v) is 3.84. The molecule has 3 nitrogen and oxygen atoms in total. The summed E-state index contributed by atoms with van der Waals surface area (Å²) in [6, 6.07) is 19.0. The molecule has 7 heteroatoms. The minimum Gasteiger partial charge on any atom is -0.348 e. The Hall–Kier alpha value is -2.80. The average molecular weight is 401 g/mol. The summed E-state index contributed by atoms with van der Waals surface area (Å²) in [6.07, 6.45) is -2.30. The van der Waals surface area contributed by atoms with Gasteiger partial charge in [0.25, 0.3) is 0 Å². The van der Waals surface area contributed by atoms with Gasteiger partial charge in [-0.3, -0.25) is 0 Å². The first-order valence-electron chi connectivity index (χ1n) is 8.88. The van der Waals surface area contributed by atoms with Crippen LogP contribution < -0.4 is 5.32 Å². The van der Waals surface area contributed by atoms with Crippen molar-refractivity contribution in [1.29, 1.82) is 0 Å². The summed E-state index contributed by atoms with van der Waals surface area (Å²) < 4.78 is 40.5. The molecule has 1 atom stereocenters. The second-order valence-corrected chi connectivity index (χ2v) is 7.03. The first kappa shape index (κ1) is 18.6. The van der Waals surface area contributed by atoms with Crippen LogP contribution in [0.2, 0.25) is 0 Å². The zero-order valence-electron chi connectivity index (χ0n) is 14.9. The van der Waals surface area contributed by atoms with Crippen LogP contribution in [-0.4, -0.2) is 21.1 Å². The second-order valence-electron chi connectivity index (χ2n) is 6.64. The van der Waals surface area contributed by atoms with Crippen LogP contribution in [0.1, 0.15) is 22.9 Å². The number of hydrogen-bond donors (Lipinski definition) is 1. The van der Waals surface area contributed by atoms with Crippen LogP contribution in [0.25, 0.3) is 0 Å². The number of halogens is 3. The highest BCUT2D eigenvalue weighted by Crippen LogP contribution is 2.33. The third-order valence-electron chi connectivity index (χ3n) is 4.88. The Morgan fingerprint density at radius 2 is 1.64 bits per heavy atom. The number of alkyl halides is 3. The normalized spacial score (nSPS) is 16.5. The Kier molecular flexibility index (Phi) is 4.85. The number of benzene rings is 2. The van der Waals surface area contributed by atoms with E-state index in [4.69, 9.17) is 12.2 Å². The number of anilines is 1. The van der Waals surface area contributed by atoms with Crippen molar-refractivity contribution < 1.29 is 13.2 Å². The number of rotatable bonds is 2. The van der Waals surface area contributed by atoms with Gasteiger partial charge in [-0.25, -0.2) is 0 Å². The smallest absolute Gasteiger partial charge is 0.348 e. The lowest BCUT2D eigenvalue weighted by molar-refractivity contribution is -0.137. The molecule has 2 heterocycles. The zero-order chi connectivity index (χ0) is 19.7. The van der Waals surface area contributed by atoms with Gasteiger partial charge >= 0.3 is 6.18 Å². The van der Waals surface area contributed by atoms with Crippen molar-refractivity contribution in [3.8, 4) is 0 Å². The lowest BCUT2D eigenvalue weighted by Crippen LogP contribution is -2.44. The predicted molar refractivity (Wildman–Crippen MR) is 107 cm³/mol. The van der Waals surface area contributed by atoms with Gasteiger partial charge in [-0.1, -0.05) is 30.3 Å². The summed E-state index contributed by atoms with van der Waals surface area (Å²) >= 11 is 5.63. The van der Waals surface area contributed by atoms with Crippen LogP contribution in [0.5, 0.6) is 0 Å². The standard InChI is InChI=1S/C21H18F3N3S/c22-21(23,24)16-8-10-17(11-9-16)25-20(28)27-14-13-26-12-4-7-18(26)19(27)15-5-2-1-3-6-15/h1-12,19H,13-14H2,(H,25,28)/t19-/m0/s1. The van der Waals surface area contributed by atoms with E-state index in [1.54, 1.807) is 0 Å². The maximum atomic E-state index is 12.8. The number of nitrogens with zero attached hydrogens (tertiary/aromatic N) is 2. The molecule has 1 N–H and O–H groups in total. The van der Waals surface area contributed by atoms with Gasteiger partial charge in [0.15, 0.2) is 5.11 Å². The molecule has 0 saturated carbocycles. The van der Waals surface area contributed by atoms with E-state index >= 15 is 0 Å². The summed E-state index contributed by atoms with van der Waals surface area (Å²) in [4.78, 5) is 2.08. The minimum absolute atomic E-state index is 0.0561.